The van der Waals surface area contributed by atoms with Crippen LogP contribution in [-0.2, 0) is 4.79 Å². The lowest BCUT2D eigenvalue weighted by Crippen LogP contribution is -2.22. The van der Waals surface area contributed by atoms with Crippen molar-refractivity contribution in [2.45, 2.75) is 38.1 Å². The third kappa shape index (κ3) is 5.18. The van der Waals surface area contributed by atoms with E-state index in [9.17, 15) is 13.6 Å². The molecule has 2 aromatic carbocycles. The highest BCUT2D eigenvalue weighted by Gasteiger charge is 2.13. The molecule has 6 heteroatoms. The van der Waals surface area contributed by atoms with E-state index in [4.69, 9.17) is 4.74 Å². The van der Waals surface area contributed by atoms with Gasteiger partial charge in [-0.2, -0.15) is 0 Å². The van der Waals surface area contributed by atoms with Gasteiger partial charge >= 0.3 is 0 Å². The number of ether oxygens (including phenoxy) is 1. The Hall–Kier alpha value is -2.63. The minimum Gasteiger partial charge on any atom is -0.481 e. The van der Waals surface area contributed by atoms with Gasteiger partial charge in [0.15, 0.2) is 18.2 Å². The standard InChI is InChI=1S/C20H22F2N2O2/c21-14-6-11-19(18(22)12-14)26-13-20(25)24-17-9-7-16(8-10-17)23-15-4-2-1-3-5-15/h6-12,15,23H,1-5,13H2,(H,24,25). The zero-order chi connectivity index (χ0) is 18.4. The highest BCUT2D eigenvalue weighted by molar-refractivity contribution is 5.92. The molecule has 0 aromatic heterocycles. The Balaban J connectivity index is 1.47. The largest absolute Gasteiger partial charge is 0.481 e. The first-order chi connectivity index (χ1) is 12.6. The minimum atomic E-state index is -0.837. The first kappa shape index (κ1) is 18.2. The molecule has 0 heterocycles. The minimum absolute atomic E-state index is 0.159. The average Bonchev–Trinajstić information content (AvgIpc) is 2.63. The Morgan fingerprint density at radius 3 is 2.38 bits per heavy atom. The number of hydrogen-bond acceptors (Lipinski definition) is 3. The molecule has 1 aliphatic carbocycles. The van der Waals surface area contributed by atoms with Crippen LogP contribution in [0.25, 0.3) is 0 Å². The third-order valence-electron chi connectivity index (χ3n) is 4.40. The van der Waals surface area contributed by atoms with E-state index in [-0.39, 0.29) is 12.4 Å². The number of carbonyl (C=O) groups is 1. The number of halogens is 2. The fourth-order valence-corrected chi connectivity index (χ4v) is 3.07. The molecule has 0 radical (unpaired) electrons. The van der Waals surface area contributed by atoms with E-state index in [1.165, 1.54) is 32.1 Å². The second kappa shape index (κ2) is 8.65. The third-order valence-corrected chi connectivity index (χ3v) is 4.40. The summed E-state index contributed by atoms with van der Waals surface area (Å²) in [5.74, 6) is -2.10. The van der Waals surface area contributed by atoms with Crippen LogP contribution in [0.2, 0.25) is 0 Å². The fourth-order valence-electron chi connectivity index (χ4n) is 3.07. The van der Waals surface area contributed by atoms with Gasteiger partial charge in [0.2, 0.25) is 0 Å². The maximum atomic E-state index is 13.5. The van der Waals surface area contributed by atoms with E-state index in [1.807, 2.05) is 24.3 Å². The van der Waals surface area contributed by atoms with E-state index < -0.39 is 17.5 Å². The molecular formula is C20H22F2N2O2. The molecule has 1 fully saturated rings. The molecule has 0 spiro atoms. The SMILES string of the molecule is O=C(COc1ccc(F)cc1F)Nc1ccc(NC2CCCCC2)cc1. The van der Waals surface area contributed by atoms with Crippen molar-refractivity contribution in [3.8, 4) is 5.75 Å². The summed E-state index contributed by atoms with van der Waals surface area (Å²) in [4.78, 5) is 11.9. The highest BCUT2D eigenvalue weighted by Crippen LogP contribution is 2.22. The van der Waals surface area contributed by atoms with Crippen molar-refractivity contribution >= 4 is 17.3 Å². The second-order valence-corrected chi connectivity index (χ2v) is 6.47. The van der Waals surface area contributed by atoms with Gasteiger partial charge in [0.05, 0.1) is 0 Å². The highest BCUT2D eigenvalue weighted by atomic mass is 19.1. The molecule has 2 N–H and O–H groups in total. The quantitative estimate of drug-likeness (QED) is 0.783. The number of amides is 1. The Labute approximate surface area is 151 Å². The predicted molar refractivity (Wildman–Crippen MR) is 97.4 cm³/mol. The van der Waals surface area contributed by atoms with Crippen LogP contribution in [0.15, 0.2) is 42.5 Å². The number of hydrogen-bond donors (Lipinski definition) is 2. The summed E-state index contributed by atoms with van der Waals surface area (Å²) in [6.07, 6.45) is 6.22. The van der Waals surface area contributed by atoms with Crippen LogP contribution < -0.4 is 15.4 Å². The van der Waals surface area contributed by atoms with Crippen LogP contribution in [0.5, 0.6) is 5.75 Å². The molecule has 2 aromatic rings. The zero-order valence-corrected chi connectivity index (χ0v) is 14.4. The van der Waals surface area contributed by atoms with Crippen LogP contribution in [0.3, 0.4) is 0 Å². The van der Waals surface area contributed by atoms with Gasteiger partial charge in [-0.15, -0.1) is 0 Å². The second-order valence-electron chi connectivity index (χ2n) is 6.47. The summed E-state index contributed by atoms with van der Waals surface area (Å²) in [6.45, 7) is -0.357. The van der Waals surface area contributed by atoms with Gasteiger partial charge in [-0.3, -0.25) is 4.79 Å². The van der Waals surface area contributed by atoms with Crippen LogP contribution in [0.4, 0.5) is 20.2 Å². The van der Waals surface area contributed by atoms with Gasteiger partial charge in [0, 0.05) is 23.5 Å². The Kier molecular flexibility index (Phi) is 6.04. The number of nitrogens with one attached hydrogen (secondary N) is 2. The zero-order valence-electron chi connectivity index (χ0n) is 14.4. The molecule has 0 unspecified atom stereocenters. The first-order valence-corrected chi connectivity index (χ1v) is 8.84. The molecule has 3 rings (SSSR count). The van der Waals surface area contributed by atoms with E-state index in [0.29, 0.717) is 17.8 Å². The van der Waals surface area contributed by atoms with Crippen molar-refractivity contribution in [1.29, 1.82) is 0 Å². The van der Waals surface area contributed by atoms with Gasteiger partial charge < -0.3 is 15.4 Å². The monoisotopic (exact) mass is 360 g/mol. The Morgan fingerprint density at radius 1 is 1.00 bits per heavy atom. The number of anilines is 2. The molecule has 138 valence electrons. The van der Waals surface area contributed by atoms with Crippen molar-refractivity contribution in [3.63, 3.8) is 0 Å². The molecule has 0 atom stereocenters. The summed E-state index contributed by atoms with van der Waals surface area (Å²) in [5.41, 5.74) is 1.66. The molecule has 0 saturated heterocycles. The normalized spacial score (nSPS) is 14.7. The van der Waals surface area contributed by atoms with Crippen LogP contribution >= 0.6 is 0 Å². The molecule has 26 heavy (non-hydrogen) atoms. The molecule has 1 amide bonds. The van der Waals surface area contributed by atoms with Gasteiger partial charge in [-0.05, 0) is 49.2 Å². The van der Waals surface area contributed by atoms with Crippen molar-refractivity contribution in [2.24, 2.45) is 0 Å². The van der Waals surface area contributed by atoms with E-state index >= 15 is 0 Å². The lowest BCUT2D eigenvalue weighted by atomic mass is 9.95. The lowest BCUT2D eigenvalue weighted by Gasteiger charge is -2.23. The van der Waals surface area contributed by atoms with Gasteiger partial charge in [-0.1, -0.05) is 19.3 Å². The summed E-state index contributed by atoms with van der Waals surface area (Å²) in [5, 5.41) is 6.19. The smallest absolute Gasteiger partial charge is 0.262 e. The van der Waals surface area contributed by atoms with E-state index in [0.717, 1.165) is 17.8 Å². The summed E-state index contributed by atoms with van der Waals surface area (Å²) in [7, 11) is 0. The number of carbonyl (C=O) groups excluding carboxylic acids is 1. The average molecular weight is 360 g/mol. The van der Waals surface area contributed by atoms with E-state index in [2.05, 4.69) is 10.6 Å². The Bertz CT molecular complexity index is 744. The van der Waals surface area contributed by atoms with Crippen LogP contribution in [-0.4, -0.2) is 18.6 Å². The van der Waals surface area contributed by atoms with Crippen molar-refractivity contribution in [1.82, 2.24) is 0 Å². The summed E-state index contributed by atoms with van der Waals surface area (Å²) < 4.78 is 31.4. The fraction of sp³-hybridized carbons (Fsp3) is 0.350. The summed E-state index contributed by atoms with van der Waals surface area (Å²) >= 11 is 0. The Morgan fingerprint density at radius 2 is 1.69 bits per heavy atom. The van der Waals surface area contributed by atoms with Gasteiger partial charge in [-0.25, -0.2) is 8.78 Å². The summed E-state index contributed by atoms with van der Waals surface area (Å²) in [6, 6.07) is 10.9. The topological polar surface area (TPSA) is 50.4 Å². The first-order valence-electron chi connectivity index (χ1n) is 8.84. The van der Waals surface area contributed by atoms with Crippen molar-refractivity contribution in [2.75, 3.05) is 17.2 Å². The van der Waals surface area contributed by atoms with Crippen molar-refractivity contribution in [3.05, 3.63) is 54.1 Å². The van der Waals surface area contributed by atoms with Gasteiger partial charge in [0.1, 0.15) is 5.82 Å². The van der Waals surface area contributed by atoms with Crippen LogP contribution in [0.1, 0.15) is 32.1 Å². The molecular weight excluding hydrogens is 338 g/mol. The van der Waals surface area contributed by atoms with Crippen LogP contribution in [0, 0.1) is 11.6 Å². The maximum absolute atomic E-state index is 13.5. The molecule has 1 saturated carbocycles. The molecule has 4 nitrogen and oxygen atoms in total. The molecule has 1 aliphatic rings. The van der Waals surface area contributed by atoms with Crippen molar-refractivity contribution < 1.29 is 18.3 Å². The molecule has 0 aliphatic heterocycles. The number of benzene rings is 2. The van der Waals surface area contributed by atoms with Gasteiger partial charge in [0.25, 0.3) is 5.91 Å². The maximum Gasteiger partial charge on any atom is 0.262 e. The van der Waals surface area contributed by atoms with E-state index in [1.54, 1.807) is 0 Å². The number of rotatable bonds is 6. The lowest BCUT2D eigenvalue weighted by molar-refractivity contribution is -0.118. The molecule has 0 bridgehead atoms. The predicted octanol–water partition coefficient (Wildman–Crippen LogP) is 4.73.